The fourth-order valence-corrected chi connectivity index (χ4v) is 3.21. The monoisotopic (exact) mass is 351 g/mol. The van der Waals surface area contributed by atoms with E-state index in [0.717, 1.165) is 37.0 Å². The van der Waals surface area contributed by atoms with Crippen LogP contribution in [0.4, 0.5) is 0 Å². The number of amides is 1. The number of hydrazine groups is 1. The van der Waals surface area contributed by atoms with Crippen LogP contribution < -0.4 is 10.2 Å². The Balaban J connectivity index is 1.60. The number of H-pyrrole nitrogens is 1. The summed E-state index contributed by atoms with van der Waals surface area (Å²) in [5, 5.41) is 1.98. The van der Waals surface area contributed by atoms with Crippen molar-refractivity contribution in [1.82, 2.24) is 25.4 Å². The number of carbonyl (C=O) groups excluding carboxylic acids is 1. The first-order chi connectivity index (χ1) is 12.7. The average Bonchev–Trinajstić information content (AvgIpc) is 3.12. The lowest BCUT2D eigenvalue weighted by atomic mass is 10.1. The molecule has 3 aromatic rings. The van der Waals surface area contributed by atoms with Crippen LogP contribution in [-0.2, 0) is 0 Å². The molecule has 1 aliphatic heterocycles. The first-order valence-electron chi connectivity index (χ1n) is 8.79. The number of methoxy groups -OCH3 is 1. The van der Waals surface area contributed by atoms with Gasteiger partial charge in [-0.2, -0.15) is 0 Å². The van der Waals surface area contributed by atoms with Gasteiger partial charge >= 0.3 is 0 Å². The molecule has 1 fully saturated rings. The highest BCUT2D eigenvalue weighted by Gasteiger charge is 2.17. The predicted molar refractivity (Wildman–Crippen MR) is 98.8 cm³/mol. The maximum atomic E-state index is 12.5. The second kappa shape index (κ2) is 7.13. The number of aromatic nitrogens is 3. The topological polar surface area (TPSA) is 83.1 Å². The number of carbonyl (C=O) groups is 1. The Hall–Kier alpha value is -2.93. The van der Waals surface area contributed by atoms with Crippen LogP contribution in [0.5, 0.6) is 5.75 Å². The van der Waals surface area contributed by atoms with Crippen molar-refractivity contribution in [2.24, 2.45) is 0 Å². The van der Waals surface area contributed by atoms with Gasteiger partial charge in [-0.25, -0.2) is 15.0 Å². The van der Waals surface area contributed by atoms with E-state index in [4.69, 9.17) is 4.74 Å². The second-order valence-corrected chi connectivity index (χ2v) is 6.36. The number of aromatic amines is 1. The molecule has 1 amide bonds. The van der Waals surface area contributed by atoms with Crippen LogP contribution in [0, 0.1) is 0 Å². The summed E-state index contributed by atoms with van der Waals surface area (Å²) in [5.74, 6) is 1.14. The fraction of sp³-hybridized carbons (Fsp3) is 0.316. The van der Waals surface area contributed by atoms with E-state index < -0.39 is 0 Å². The molecule has 0 unspecified atom stereocenters. The lowest BCUT2D eigenvalue weighted by Gasteiger charge is -2.26. The minimum Gasteiger partial charge on any atom is -0.496 e. The van der Waals surface area contributed by atoms with Gasteiger partial charge in [0, 0.05) is 24.8 Å². The summed E-state index contributed by atoms with van der Waals surface area (Å²) < 4.78 is 5.50. The first kappa shape index (κ1) is 16.5. The maximum absolute atomic E-state index is 12.5. The van der Waals surface area contributed by atoms with E-state index in [-0.39, 0.29) is 5.91 Å². The molecular weight excluding hydrogens is 330 g/mol. The molecule has 0 atom stereocenters. The van der Waals surface area contributed by atoms with Crippen molar-refractivity contribution in [3.63, 3.8) is 0 Å². The number of fused-ring (bicyclic) bond motifs is 1. The summed E-state index contributed by atoms with van der Waals surface area (Å²) in [6.07, 6.45) is 5.16. The van der Waals surface area contributed by atoms with E-state index in [0.29, 0.717) is 22.8 Å². The van der Waals surface area contributed by atoms with Crippen LogP contribution in [0.15, 0.2) is 36.5 Å². The van der Waals surface area contributed by atoms with Crippen molar-refractivity contribution >= 4 is 17.1 Å². The Labute approximate surface area is 151 Å². The summed E-state index contributed by atoms with van der Waals surface area (Å²) in [6.45, 7) is 1.79. The Kier molecular flexibility index (Phi) is 4.53. The number of benzene rings is 1. The number of rotatable bonds is 4. The van der Waals surface area contributed by atoms with Crippen molar-refractivity contribution in [2.45, 2.75) is 19.3 Å². The van der Waals surface area contributed by atoms with Crippen LogP contribution in [0.3, 0.4) is 0 Å². The highest BCUT2D eigenvalue weighted by atomic mass is 16.5. The number of imidazole rings is 1. The zero-order valence-corrected chi connectivity index (χ0v) is 14.7. The molecule has 7 nitrogen and oxygen atoms in total. The number of nitrogens with zero attached hydrogens (tertiary/aromatic N) is 3. The van der Waals surface area contributed by atoms with Gasteiger partial charge in [-0.3, -0.25) is 10.2 Å². The Morgan fingerprint density at radius 3 is 2.85 bits per heavy atom. The summed E-state index contributed by atoms with van der Waals surface area (Å²) in [5.41, 5.74) is 5.83. The van der Waals surface area contributed by atoms with Crippen molar-refractivity contribution in [1.29, 1.82) is 0 Å². The number of pyridine rings is 1. The van der Waals surface area contributed by atoms with Crippen molar-refractivity contribution < 1.29 is 9.53 Å². The SMILES string of the molecule is COc1cc(C(=O)NN2CCCCC2)ccc1-c1nc2ncccc2[nH]1. The lowest BCUT2D eigenvalue weighted by Crippen LogP contribution is -2.45. The van der Waals surface area contributed by atoms with Crippen LogP contribution >= 0.6 is 0 Å². The normalized spacial score (nSPS) is 15.1. The van der Waals surface area contributed by atoms with Crippen LogP contribution in [-0.4, -0.2) is 46.1 Å². The molecule has 4 rings (SSSR count). The van der Waals surface area contributed by atoms with Gasteiger partial charge in [0.15, 0.2) is 5.65 Å². The van der Waals surface area contributed by atoms with Gasteiger partial charge in [0.25, 0.3) is 5.91 Å². The maximum Gasteiger partial charge on any atom is 0.265 e. The molecule has 134 valence electrons. The molecule has 3 heterocycles. The molecule has 0 aliphatic carbocycles. The minimum atomic E-state index is -0.122. The molecule has 26 heavy (non-hydrogen) atoms. The van der Waals surface area contributed by atoms with Gasteiger partial charge in [0.2, 0.25) is 0 Å². The molecule has 1 saturated heterocycles. The number of ether oxygens (including phenoxy) is 1. The zero-order chi connectivity index (χ0) is 17.9. The van der Waals surface area contributed by atoms with Gasteiger partial charge < -0.3 is 9.72 Å². The van der Waals surface area contributed by atoms with E-state index in [1.165, 1.54) is 6.42 Å². The molecule has 1 aliphatic rings. The van der Waals surface area contributed by atoms with E-state index in [1.807, 2.05) is 23.2 Å². The van der Waals surface area contributed by atoms with Crippen molar-refractivity contribution in [3.05, 3.63) is 42.1 Å². The van der Waals surface area contributed by atoms with Gasteiger partial charge in [0.05, 0.1) is 18.2 Å². The quantitative estimate of drug-likeness (QED) is 0.755. The standard InChI is InChI=1S/C19H21N5O2/c1-26-16-12-13(19(25)23-24-10-3-2-4-11-24)7-8-14(16)17-21-15-6-5-9-20-18(15)22-17/h5-9,12H,2-4,10-11H2,1H3,(H,23,25)(H,20,21,22). The Morgan fingerprint density at radius 2 is 2.08 bits per heavy atom. The molecule has 1 aromatic carbocycles. The predicted octanol–water partition coefficient (Wildman–Crippen LogP) is 2.76. The molecule has 7 heteroatoms. The zero-order valence-electron chi connectivity index (χ0n) is 14.7. The summed E-state index contributed by atoms with van der Waals surface area (Å²) in [4.78, 5) is 24.5. The lowest BCUT2D eigenvalue weighted by molar-refractivity contribution is 0.0750. The third kappa shape index (κ3) is 3.25. The van der Waals surface area contributed by atoms with Crippen molar-refractivity contribution in [3.8, 4) is 17.1 Å². The minimum absolute atomic E-state index is 0.122. The molecular formula is C19H21N5O2. The summed E-state index contributed by atoms with van der Waals surface area (Å²) in [6, 6.07) is 9.16. The van der Waals surface area contributed by atoms with Crippen molar-refractivity contribution in [2.75, 3.05) is 20.2 Å². The van der Waals surface area contributed by atoms with Gasteiger partial charge in [-0.1, -0.05) is 6.42 Å². The average molecular weight is 351 g/mol. The Morgan fingerprint density at radius 1 is 1.23 bits per heavy atom. The molecule has 0 spiro atoms. The van der Waals surface area contributed by atoms with E-state index >= 15 is 0 Å². The molecule has 0 bridgehead atoms. The van der Waals surface area contributed by atoms with Crippen LogP contribution in [0.1, 0.15) is 29.6 Å². The molecule has 2 N–H and O–H groups in total. The summed E-state index contributed by atoms with van der Waals surface area (Å²) >= 11 is 0. The fourth-order valence-electron chi connectivity index (χ4n) is 3.21. The van der Waals surface area contributed by atoms with Gasteiger partial charge in [0.1, 0.15) is 11.6 Å². The highest BCUT2D eigenvalue weighted by molar-refractivity contribution is 5.95. The second-order valence-electron chi connectivity index (χ2n) is 6.36. The van der Waals surface area contributed by atoms with Gasteiger partial charge in [-0.05, 0) is 43.2 Å². The smallest absolute Gasteiger partial charge is 0.265 e. The van der Waals surface area contributed by atoms with E-state index in [1.54, 1.807) is 25.4 Å². The summed E-state index contributed by atoms with van der Waals surface area (Å²) in [7, 11) is 1.59. The number of nitrogens with one attached hydrogen (secondary N) is 2. The molecule has 2 aromatic heterocycles. The third-order valence-corrected chi connectivity index (χ3v) is 4.59. The molecule has 0 saturated carbocycles. The van der Waals surface area contributed by atoms with Crippen LogP contribution in [0.25, 0.3) is 22.6 Å². The Bertz CT molecular complexity index is 898. The van der Waals surface area contributed by atoms with Gasteiger partial charge in [-0.15, -0.1) is 0 Å². The van der Waals surface area contributed by atoms with Crippen LogP contribution in [0.2, 0.25) is 0 Å². The molecule has 0 radical (unpaired) electrons. The third-order valence-electron chi connectivity index (χ3n) is 4.59. The van der Waals surface area contributed by atoms with E-state index in [2.05, 4.69) is 20.4 Å². The highest BCUT2D eigenvalue weighted by Crippen LogP contribution is 2.30. The number of hydrogen-bond donors (Lipinski definition) is 2. The first-order valence-corrected chi connectivity index (χ1v) is 8.79. The largest absolute Gasteiger partial charge is 0.496 e. The number of piperidine rings is 1. The number of hydrogen-bond acceptors (Lipinski definition) is 5. The van der Waals surface area contributed by atoms with E-state index in [9.17, 15) is 4.79 Å².